The average Bonchev–Trinajstić information content (AvgIpc) is 2.42. The molecule has 0 spiro atoms. The lowest BCUT2D eigenvalue weighted by Crippen LogP contribution is -2.49. The van der Waals surface area contributed by atoms with Crippen molar-refractivity contribution in [2.24, 2.45) is 11.8 Å². The van der Waals surface area contributed by atoms with Gasteiger partial charge in [0.15, 0.2) is 0 Å². The number of aliphatic carboxylic acids is 1. The molecular formula is C15H28N2O3. The Bertz CT molecular complexity index is 346. The first-order valence-electron chi connectivity index (χ1n) is 7.61. The predicted molar refractivity (Wildman–Crippen MR) is 78.6 cm³/mol. The van der Waals surface area contributed by atoms with Gasteiger partial charge in [-0.2, -0.15) is 0 Å². The van der Waals surface area contributed by atoms with Crippen LogP contribution >= 0.6 is 0 Å². The molecule has 0 bridgehead atoms. The summed E-state index contributed by atoms with van der Waals surface area (Å²) >= 11 is 0. The summed E-state index contributed by atoms with van der Waals surface area (Å²) in [4.78, 5) is 26.9. The van der Waals surface area contributed by atoms with Crippen LogP contribution in [0.25, 0.3) is 0 Å². The van der Waals surface area contributed by atoms with Gasteiger partial charge in [-0.05, 0) is 25.7 Å². The summed E-state index contributed by atoms with van der Waals surface area (Å²) in [5, 5.41) is 8.98. The Morgan fingerprint density at radius 3 is 2.50 bits per heavy atom. The van der Waals surface area contributed by atoms with Gasteiger partial charge in [-0.3, -0.25) is 4.79 Å². The Hall–Kier alpha value is -1.26. The quantitative estimate of drug-likeness (QED) is 0.844. The van der Waals surface area contributed by atoms with E-state index in [1.807, 2.05) is 18.9 Å². The lowest BCUT2D eigenvalue weighted by molar-refractivity contribution is -0.141. The molecule has 20 heavy (non-hydrogen) atoms. The molecule has 2 amide bonds. The molecule has 0 aromatic carbocycles. The summed E-state index contributed by atoms with van der Waals surface area (Å²) < 4.78 is 0. The zero-order chi connectivity index (χ0) is 15.3. The Morgan fingerprint density at radius 2 is 2.00 bits per heavy atom. The molecule has 1 rings (SSSR count). The number of carbonyl (C=O) groups is 2. The minimum absolute atomic E-state index is 0.0419. The van der Waals surface area contributed by atoms with E-state index < -0.39 is 11.9 Å². The first-order valence-corrected chi connectivity index (χ1v) is 7.61. The predicted octanol–water partition coefficient (Wildman–Crippen LogP) is 2.66. The van der Waals surface area contributed by atoms with Crippen molar-refractivity contribution in [3.63, 3.8) is 0 Å². The molecular weight excluding hydrogens is 256 g/mol. The Kier molecular flexibility index (Phi) is 6.30. The second-order valence-electron chi connectivity index (χ2n) is 6.10. The highest BCUT2D eigenvalue weighted by atomic mass is 16.4. The molecule has 0 heterocycles. The Morgan fingerprint density at radius 1 is 1.35 bits per heavy atom. The fourth-order valence-corrected chi connectivity index (χ4v) is 2.88. The van der Waals surface area contributed by atoms with Crippen LogP contribution in [0.15, 0.2) is 0 Å². The molecule has 1 fully saturated rings. The number of carboxylic acids is 1. The third kappa shape index (κ3) is 4.39. The van der Waals surface area contributed by atoms with Crippen LogP contribution in [0.1, 0.15) is 46.5 Å². The number of amides is 2. The van der Waals surface area contributed by atoms with E-state index in [0.29, 0.717) is 18.5 Å². The lowest BCUT2D eigenvalue weighted by Gasteiger charge is -2.37. The van der Waals surface area contributed by atoms with E-state index in [9.17, 15) is 9.59 Å². The molecule has 0 radical (unpaired) electrons. The van der Waals surface area contributed by atoms with Crippen molar-refractivity contribution in [1.29, 1.82) is 0 Å². The van der Waals surface area contributed by atoms with Crippen LogP contribution < -0.4 is 0 Å². The van der Waals surface area contributed by atoms with Crippen LogP contribution in [0.3, 0.4) is 0 Å². The van der Waals surface area contributed by atoms with E-state index in [0.717, 1.165) is 12.8 Å². The van der Waals surface area contributed by atoms with Gasteiger partial charge in [0, 0.05) is 26.2 Å². The van der Waals surface area contributed by atoms with Crippen LogP contribution in [-0.4, -0.2) is 53.1 Å². The third-order valence-electron chi connectivity index (χ3n) is 4.33. The SMILES string of the molecule is CCN(CC(C)C(=O)O)C(=O)N(C)C1CCCC(C)C1. The van der Waals surface area contributed by atoms with Crippen molar-refractivity contribution in [2.75, 3.05) is 20.1 Å². The van der Waals surface area contributed by atoms with Crippen LogP contribution in [0.4, 0.5) is 4.79 Å². The van der Waals surface area contributed by atoms with Crippen molar-refractivity contribution in [2.45, 2.75) is 52.5 Å². The molecule has 5 heteroatoms. The number of carbonyl (C=O) groups excluding carboxylic acids is 1. The van der Waals surface area contributed by atoms with Gasteiger partial charge in [-0.25, -0.2) is 4.79 Å². The van der Waals surface area contributed by atoms with E-state index in [2.05, 4.69) is 6.92 Å². The van der Waals surface area contributed by atoms with Gasteiger partial charge in [0.2, 0.25) is 0 Å². The first-order chi connectivity index (χ1) is 9.36. The zero-order valence-corrected chi connectivity index (χ0v) is 13.1. The fourth-order valence-electron chi connectivity index (χ4n) is 2.88. The first kappa shape index (κ1) is 16.8. The van der Waals surface area contributed by atoms with Crippen molar-refractivity contribution in [3.05, 3.63) is 0 Å². The molecule has 0 aliphatic heterocycles. The van der Waals surface area contributed by atoms with Crippen molar-refractivity contribution in [1.82, 2.24) is 9.80 Å². The molecule has 3 unspecified atom stereocenters. The molecule has 3 atom stereocenters. The van der Waals surface area contributed by atoms with E-state index in [-0.39, 0.29) is 12.6 Å². The normalized spacial score (nSPS) is 24.0. The maximum absolute atomic E-state index is 12.5. The maximum Gasteiger partial charge on any atom is 0.320 e. The maximum atomic E-state index is 12.5. The van der Waals surface area contributed by atoms with Gasteiger partial charge in [0.1, 0.15) is 0 Å². The van der Waals surface area contributed by atoms with Gasteiger partial charge >= 0.3 is 12.0 Å². The molecule has 5 nitrogen and oxygen atoms in total. The highest BCUT2D eigenvalue weighted by molar-refractivity contribution is 5.76. The highest BCUT2D eigenvalue weighted by Gasteiger charge is 2.29. The second kappa shape index (κ2) is 7.50. The number of carboxylic acid groups (broad SMARTS) is 1. The van der Waals surface area contributed by atoms with Crippen LogP contribution in [0, 0.1) is 11.8 Å². The summed E-state index contributed by atoms with van der Waals surface area (Å²) in [6.07, 6.45) is 4.51. The third-order valence-corrected chi connectivity index (χ3v) is 4.33. The van der Waals surface area contributed by atoms with Crippen LogP contribution in [0.2, 0.25) is 0 Å². The van der Waals surface area contributed by atoms with Crippen molar-refractivity contribution >= 4 is 12.0 Å². The number of hydrogen-bond acceptors (Lipinski definition) is 2. The van der Waals surface area contributed by atoms with Gasteiger partial charge < -0.3 is 14.9 Å². The highest BCUT2D eigenvalue weighted by Crippen LogP contribution is 2.27. The minimum atomic E-state index is -0.856. The second-order valence-corrected chi connectivity index (χ2v) is 6.10. The van der Waals surface area contributed by atoms with E-state index >= 15 is 0 Å². The van der Waals surface area contributed by atoms with Crippen molar-refractivity contribution < 1.29 is 14.7 Å². The number of rotatable bonds is 5. The summed E-state index contributed by atoms with van der Waals surface area (Å²) in [7, 11) is 1.85. The summed E-state index contributed by atoms with van der Waals surface area (Å²) in [6.45, 7) is 6.58. The smallest absolute Gasteiger partial charge is 0.320 e. The topological polar surface area (TPSA) is 60.9 Å². The minimum Gasteiger partial charge on any atom is -0.481 e. The van der Waals surface area contributed by atoms with Gasteiger partial charge in [0.25, 0.3) is 0 Å². The summed E-state index contributed by atoms with van der Waals surface area (Å²) in [5.74, 6) is -0.722. The van der Waals surface area contributed by atoms with Crippen LogP contribution in [-0.2, 0) is 4.79 Å². The average molecular weight is 284 g/mol. The van der Waals surface area contributed by atoms with Gasteiger partial charge in [-0.15, -0.1) is 0 Å². The summed E-state index contributed by atoms with van der Waals surface area (Å²) in [5.41, 5.74) is 0. The molecule has 1 saturated carbocycles. The monoisotopic (exact) mass is 284 g/mol. The van der Waals surface area contributed by atoms with E-state index in [4.69, 9.17) is 5.11 Å². The fraction of sp³-hybridized carbons (Fsp3) is 0.867. The molecule has 0 aromatic heterocycles. The molecule has 1 N–H and O–H groups in total. The lowest BCUT2D eigenvalue weighted by atomic mass is 9.86. The van der Waals surface area contributed by atoms with E-state index in [1.54, 1.807) is 11.8 Å². The zero-order valence-electron chi connectivity index (χ0n) is 13.1. The molecule has 0 saturated heterocycles. The van der Waals surface area contributed by atoms with Crippen LogP contribution in [0.5, 0.6) is 0 Å². The molecule has 1 aliphatic carbocycles. The molecule has 116 valence electrons. The van der Waals surface area contributed by atoms with E-state index in [1.165, 1.54) is 12.8 Å². The number of nitrogens with zero attached hydrogens (tertiary/aromatic N) is 2. The molecule has 1 aliphatic rings. The Labute approximate surface area is 121 Å². The van der Waals surface area contributed by atoms with Gasteiger partial charge in [-0.1, -0.05) is 26.7 Å². The van der Waals surface area contributed by atoms with Crippen molar-refractivity contribution in [3.8, 4) is 0 Å². The summed E-state index contributed by atoms with van der Waals surface area (Å²) in [6, 6.07) is 0.250. The van der Waals surface area contributed by atoms with Gasteiger partial charge in [0.05, 0.1) is 5.92 Å². The number of hydrogen-bond donors (Lipinski definition) is 1. The standard InChI is InChI=1S/C15H28N2O3/c1-5-17(10-12(3)14(18)19)15(20)16(4)13-8-6-7-11(2)9-13/h11-13H,5-10H2,1-4H3,(H,18,19). The number of urea groups is 1. The largest absolute Gasteiger partial charge is 0.481 e. The Balaban J connectivity index is 2.62. The molecule has 0 aromatic rings.